The summed E-state index contributed by atoms with van der Waals surface area (Å²) in [4.78, 5) is 33.9. The second kappa shape index (κ2) is 5.48. The zero-order valence-electron chi connectivity index (χ0n) is 13.0. The van der Waals surface area contributed by atoms with Crippen LogP contribution in [0.2, 0.25) is 5.02 Å². The number of pyridine rings is 1. The van der Waals surface area contributed by atoms with Gasteiger partial charge in [0.15, 0.2) is 0 Å². The average molecular weight is 334 g/mol. The van der Waals surface area contributed by atoms with Crippen LogP contribution in [0.1, 0.15) is 48.9 Å². The summed E-state index contributed by atoms with van der Waals surface area (Å²) in [5, 5.41) is 0.443. The summed E-state index contributed by atoms with van der Waals surface area (Å²) >= 11 is 5.97. The maximum absolute atomic E-state index is 13.1. The normalized spacial score (nSPS) is 27.8. The standard InChI is InChI=1S/C17H20ClN3O2/c18-13-9-12(10-19-11-13)15(22)21-8-2-6-17(21)5-1-7-20(16(17)23)14-3-4-14/h9-11,14H,1-8H2. The van der Waals surface area contributed by atoms with Gasteiger partial charge in [0.1, 0.15) is 5.54 Å². The van der Waals surface area contributed by atoms with Gasteiger partial charge in [-0.15, -0.1) is 0 Å². The Bertz CT molecular complexity index is 661. The van der Waals surface area contributed by atoms with E-state index in [1.807, 2.05) is 4.90 Å². The lowest BCUT2D eigenvalue weighted by molar-refractivity contribution is -0.146. The van der Waals surface area contributed by atoms with E-state index in [2.05, 4.69) is 4.98 Å². The van der Waals surface area contributed by atoms with E-state index in [1.54, 1.807) is 11.0 Å². The molecule has 1 unspecified atom stereocenters. The molecule has 2 amide bonds. The highest BCUT2D eigenvalue weighted by atomic mass is 35.5. The molecule has 23 heavy (non-hydrogen) atoms. The van der Waals surface area contributed by atoms with E-state index in [-0.39, 0.29) is 11.8 Å². The minimum Gasteiger partial charge on any atom is -0.338 e. The molecule has 2 aliphatic heterocycles. The molecule has 0 N–H and O–H groups in total. The van der Waals surface area contributed by atoms with Gasteiger partial charge < -0.3 is 9.80 Å². The zero-order valence-corrected chi connectivity index (χ0v) is 13.8. The molecular weight excluding hydrogens is 314 g/mol. The predicted molar refractivity (Wildman–Crippen MR) is 86.2 cm³/mol. The zero-order chi connectivity index (χ0) is 16.0. The first-order chi connectivity index (χ1) is 11.1. The van der Waals surface area contributed by atoms with Crippen LogP contribution in [-0.4, -0.2) is 51.3 Å². The number of hydrogen-bond donors (Lipinski definition) is 0. The van der Waals surface area contributed by atoms with E-state index >= 15 is 0 Å². The molecule has 0 aromatic carbocycles. The summed E-state index contributed by atoms with van der Waals surface area (Å²) in [6, 6.07) is 2.04. The van der Waals surface area contributed by atoms with Crippen LogP contribution >= 0.6 is 11.6 Å². The molecule has 5 nitrogen and oxygen atoms in total. The quantitative estimate of drug-likeness (QED) is 0.835. The van der Waals surface area contributed by atoms with E-state index in [1.165, 1.54) is 12.4 Å². The molecule has 1 aromatic rings. The van der Waals surface area contributed by atoms with E-state index < -0.39 is 5.54 Å². The molecule has 1 atom stereocenters. The first-order valence-corrected chi connectivity index (χ1v) is 8.73. The first-order valence-electron chi connectivity index (χ1n) is 8.35. The number of halogens is 1. The number of hydrogen-bond acceptors (Lipinski definition) is 3. The predicted octanol–water partition coefficient (Wildman–Crippen LogP) is 2.49. The molecule has 122 valence electrons. The Hall–Kier alpha value is -1.62. The summed E-state index contributed by atoms with van der Waals surface area (Å²) in [5.74, 6) is 0.0376. The molecular formula is C17H20ClN3O2. The Labute approximate surface area is 140 Å². The lowest BCUT2D eigenvalue weighted by Gasteiger charge is -2.44. The number of rotatable bonds is 2. The van der Waals surface area contributed by atoms with Gasteiger partial charge in [-0.2, -0.15) is 0 Å². The molecule has 1 saturated carbocycles. The Balaban J connectivity index is 1.65. The van der Waals surface area contributed by atoms with Crippen molar-refractivity contribution in [1.29, 1.82) is 0 Å². The van der Waals surface area contributed by atoms with Crippen LogP contribution in [0.15, 0.2) is 18.5 Å². The van der Waals surface area contributed by atoms with Crippen LogP contribution in [0.5, 0.6) is 0 Å². The molecule has 1 aromatic heterocycles. The number of aromatic nitrogens is 1. The van der Waals surface area contributed by atoms with Gasteiger partial charge in [0.25, 0.3) is 5.91 Å². The smallest absolute Gasteiger partial charge is 0.256 e. The van der Waals surface area contributed by atoms with Gasteiger partial charge in [-0.25, -0.2) is 0 Å². The van der Waals surface area contributed by atoms with E-state index in [0.29, 0.717) is 23.2 Å². The molecule has 0 bridgehead atoms. The van der Waals surface area contributed by atoms with Crippen LogP contribution in [0.25, 0.3) is 0 Å². The third-order valence-corrected chi connectivity index (χ3v) is 5.53. The Morgan fingerprint density at radius 2 is 1.96 bits per heavy atom. The minimum atomic E-state index is -0.639. The third kappa shape index (κ3) is 2.42. The van der Waals surface area contributed by atoms with Crippen molar-refractivity contribution in [3.8, 4) is 0 Å². The number of carbonyl (C=O) groups is 2. The summed E-state index contributed by atoms with van der Waals surface area (Å²) in [7, 11) is 0. The molecule has 3 heterocycles. The van der Waals surface area contributed by atoms with Crippen LogP contribution in [-0.2, 0) is 4.79 Å². The van der Waals surface area contributed by atoms with Crippen molar-refractivity contribution in [3.63, 3.8) is 0 Å². The Kier molecular flexibility index (Phi) is 3.56. The minimum absolute atomic E-state index is 0.122. The highest BCUT2D eigenvalue weighted by molar-refractivity contribution is 6.30. The first kappa shape index (κ1) is 14.9. The maximum atomic E-state index is 13.1. The van der Waals surface area contributed by atoms with Gasteiger partial charge in [-0.3, -0.25) is 14.6 Å². The summed E-state index contributed by atoms with van der Waals surface area (Å²) < 4.78 is 0. The lowest BCUT2D eigenvalue weighted by Crippen LogP contribution is -2.61. The highest BCUT2D eigenvalue weighted by Gasteiger charge is 2.54. The molecule has 4 rings (SSSR count). The van der Waals surface area contributed by atoms with E-state index in [9.17, 15) is 9.59 Å². The Morgan fingerprint density at radius 1 is 1.22 bits per heavy atom. The summed E-state index contributed by atoms with van der Waals surface area (Å²) in [6.45, 7) is 1.47. The summed E-state index contributed by atoms with van der Waals surface area (Å²) in [5.41, 5.74) is -0.171. The fourth-order valence-electron chi connectivity index (χ4n) is 4.09. The van der Waals surface area contributed by atoms with Crippen molar-refractivity contribution in [2.45, 2.75) is 50.1 Å². The highest BCUT2D eigenvalue weighted by Crippen LogP contribution is 2.42. The van der Waals surface area contributed by atoms with Gasteiger partial charge in [-0.05, 0) is 44.6 Å². The Morgan fingerprint density at radius 3 is 2.65 bits per heavy atom. The van der Waals surface area contributed by atoms with Crippen LogP contribution < -0.4 is 0 Å². The second-order valence-corrected chi connectivity index (χ2v) is 7.25. The van der Waals surface area contributed by atoms with Gasteiger partial charge in [0.2, 0.25) is 5.91 Å². The van der Waals surface area contributed by atoms with Gasteiger partial charge >= 0.3 is 0 Å². The van der Waals surface area contributed by atoms with E-state index in [4.69, 9.17) is 11.6 Å². The molecule has 3 fully saturated rings. The van der Waals surface area contributed by atoms with Gasteiger partial charge in [0.05, 0.1) is 10.6 Å². The van der Waals surface area contributed by atoms with Crippen LogP contribution in [0, 0.1) is 0 Å². The lowest BCUT2D eigenvalue weighted by atomic mass is 9.85. The number of piperidine rings is 1. The van der Waals surface area contributed by atoms with Crippen molar-refractivity contribution < 1.29 is 9.59 Å². The number of nitrogens with zero attached hydrogens (tertiary/aromatic N) is 3. The van der Waals surface area contributed by atoms with Gasteiger partial charge in [-0.1, -0.05) is 11.6 Å². The van der Waals surface area contributed by atoms with Crippen LogP contribution in [0.4, 0.5) is 0 Å². The van der Waals surface area contributed by atoms with Crippen molar-refractivity contribution >= 4 is 23.4 Å². The third-order valence-electron chi connectivity index (χ3n) is 5.32. The molecule has 1 spiro atoms. The van der Waals surface area contributed by atoms with Gasteiger partial charge in [0, 0.05) is 31.5 Å². The number of amides is 2. The van der Waals surface area contributed by atoms with E-state index in [0.717, 1.165) is 45.1 Å². The SMILES string of the molecule is O=C(c1cncc(Cl)c1)N1CCCC12CCCN(C1CC1)C2=O. The van der Waals surface area contributed by atoms with Crippen molar-refractivity contribution in [1.82, 2.24) is 14.8 Å². The molecule has 2 saturated heterocycles. The van der Waals surface area contributed by atoms with Crippen LogP contribution in [0.3, 0.4) is 0 Å². The largest absolute Gasteiger partial charge is 0.338 e. The molecule has 6 heteroatoms. The average Bonchev–Trinajstić information content (AvgIpc) is 3.30. The summed E-state index contributed by atoms with van der Waals surface area (Å²) in [6.07, 6.45) is 8.65. The van der Waals surface area contributed by atoms with Crippen molar-refractivity contribution in [3.05, 3.63) is 29.0 Å². The number of likely N-dealkylation sites (tertiary alicyclic amines) is 2. The molecule has 0 radical (unpaired) electrons. The second-order valence-electron chi connectivity index (χ2n) is 6.82. The monoisotopic (exact) mass is 333 g/mol. The molecule has 3 aliphatic rings. The number of carbonyl (C=O) groups excluding carboxylic acids is 2. The molecule has 1 aliphatic carbocycles. The fourth-order valence-corrected chi connectivity index (χ4v) is 4.27. The van der Waals surface area contributed by atoms with Crippen molar-refractivity contribution in [2.24, 2.45) is 0 Å². The van der Waals surface area contributed by atoms with Crippen molar-refractivity contribution in [2.75, 3.05) is 13.1 Å². The maximum Gasteiger partial charge on any atom is 0.256 e. The fraction of sp³-hybridized carbons (Fsp3) is 0.588. The topological polar surface area (TPSA) is 53.5 Å².